The van der Waals surface area contributed by atoms with Crippen molar-refractivity contribution in [1.82, 2.24) is 5.32 Å². The average molecular weight is 323 g/mol. The maximum atomic E-state index is 11.7. The molecule has 9 heteroatoms. The molecule has 0 spiro atoms. The van der Waals surface area contributed by atoms with Crippen molar-refractivity contribution in [3.05, 3.63) is 0 Å². The van der Waals surface area contributed by atoms with Gasteiger partial charge in [-0.25, -0.2) is 4.79 Å². The summed E-state index contributed by atoms with van der Waals surface area (Å²) in [5, 5.41) is 50.7. The highest BCUT2D eigenvalue weighted by Crippen LogP contribution is 2.24. The Hall–Kier alpha value is -0.970. The van der Waals surface area contributed by atoms with Crippen molar-refractivity contribution in [3.8, 4) is 0 Å². The van der Waals surface area contributed by atoms with Crippen LogP contribution < -0.4 is 5.32 Å². The van der Waals surface area contributed by atoms with Gasteiger partial charge in [0.15, 0.2) is 6.29 Å². The van der Waals surface area contributed by atoms with E-state index in [1.54, 1.807) is 20.8 Å². The molecule has 1 heterocycles. The molecular weight excluding hydrogens is 298 g/mol. The van der Waals surface area contributed by atoms with E-state index in [0.717, 1.165) is 0 Å². The Labute approximate surface area is 128 Å². The van der Waals surface area contributed by atoms with Crippen LogP contribution in [0.1, 0.15) is 27.7 Å². The van der Waals surface area contributed by atoms with Crippen molar-refractivity contribution in [2.75, 3.05) is 0 Å². The van der Waals surface area contributed by atoms with Crippen LogP contribution in [0.5, 0.6) is 0 Å². The molecule has 1 amide bonds. The van der Waals surface area contributed by atoms with E-state index in [0.29, 0.717) is 0 Å². The van der Waals surface area contributed by atoms with Crippen LogP contribution in [0.3, 0.4) is 0 Å². The third-order valence-corrected chi connectivity index (χ3v) is 3.18. The lowest BCUT2D eigenvalue weighted by Gasteiger charge is -2.31. The second-order valence-corrected chi connectivity index (χ2v) is 6.38. The van der Waals surface area contributed by atoms with Crippen LogP contribution in [0, 0.1) is 0 Å². The minimum atomic E-state index is -1.66. The van der Waals surface area contributed by atoms with Crippen LogP contribution in [0.4, 0.5) is 4.79 Å². The Morgan fingerprint density at radius 1 is 1.18 bits per heavy atom. The van der Waals surface area contributed by atoms with E-state index in [4.69, 9.17) is 9.47 Å². The zero-order chi connectivity index (χ0) is 17.2. The van der Waals surface area contributed by atoms with Gasteiger partial charge in [0.25, 0.3) is 0 Å². The fraction of sp³-hybridized carbons (Fsp3) is 0.923. The quantitative estimate of drug-likeness (QED) is 0.350. The van der Waals surface area contributed by atoms with Gasteiger partial charge in [-0.1, -0.05) is 0 Å². The number of carbonyl (C=O) groups excluding carboxylic acids is 1. The first-order chi connectivity index (χ1) is 9.94. The summed E-state index contributed by atoms with van der Waals surface area (Å²) < 4.78 is 9.89. The number of hydrogen-bond donors (Lipinski definition) is 6. The lowest BCUT2D eigenvalue weighted by Crippen LogP contribution is -2.57. The van der Waals surface area contributed by atoms with Gasteiger partial charge >= 0.3 is 6.09 Å². The molecule has 1 saturated heterocycles. The number of aliphatic hydroxyl groups excluding tert-OH is 5. The molecule has 1 rings (SSSR count). The summed E-state index contributed by atoms with van der Waals surface area (Å²) >= 11 is 0. The molecule has 0 bridgehead atoms. The van der Waals surface area contributed by atoms with Crippen LogP contribution in [0.15, 0.2) is 0 Å². The number of alkyl carbamates (subject to hydrolysis) is 1. The lowest BCUT2D eigenvalue weighted by molar-refractivity contribution is -0.153. The summed E-state index contributed by atoms with van der Waals surface area (Å²) in [5.74, 6) is 0. The first-order valence-electron chi connectivity index (χ1n) is 6.99. The molecule has 1 unspecified atom stereocenters. The molecule has 1 aliphatic heterocycles. The highest BCUT2D eigenvalue weighted by molar-refractivity contribution is 5.68. The molecule has 7 atom stereocenters. The van der Waals surface area contributed by atoms with Gasteiger partial charge in [0.1, 0.15) is 30.0 Å². The smallest absolute Gasteiger partial charge is 0.408 e. The first-order valence-corrected chi connectivity index (χ1v) is 6.99. The predicted octanol–water partition coefficient (Wildman–Crippen LogP) is -1.94. The van der Waals surface area contributed by atoms with Crippen LogP contribution in [-0.2, 0) is 9.47 Å². The maximum absolute atomic E-state index is 11.7. The monoisotopic (exact) mass is 323 g/mol. The van der Waals surface area contributed by atoms with E-state index in [-0.39, 0.29) is 0 Å². The van der Waals surface area contributed by atoms with E-state index in [1.165, 1.54) is 6.92 Å². The van der Waals surface area contributed by atoms with Crippen LogP contribution in [-0.4, -0.2) is 80.1 Å². The molecule has 0 saturated carbocycles. The summed E-state index contributed by atoms with van der Waals surface area (Å²) in [5.41, 5.74) is -0.770. The molecule has 22 heavy (non-hydrogen) atoms. The van der Waals surface area contributed by atoms with Crippen molar-refractivity contribution >= 4 is 6.09 Å². The molecule has 9 nitrogen and oxygen atoms in total. The zero-order valence-corrected chi connectivity index (χ0v) is 13.0. The topological polar surface area (TPSA) is 149 Å². The molecule has 0 radical (unpaired) electrons. The fourth-order valence-corrected chi connectivity index (χ4v) is 2.11. The summed E-state index contributed by atoms with van der Waals surface area (Å²) in [6.07, 6.45) is -9.83. The summed E-state index contributed by atoms with van der Waals surface area (Å²) in [4.78, 5) is 11.7. The molecule has 6 N–H and O–H groups in total. The summed E-state index contributed by atoms with van der Waals surface area (Å²) in [6.45, 7) is 6.27. The summed E-state index contributed by atoms with van der Waals surface area (Å²) in [7, 11) is 0. The summed E-state index contributed by atoms with van der Waals surface area (Å²) in [6, 6.07) is -1.23. The molecule has 1 aliphatic rings. The van der Waals surface area contributed by atoms with E-state index >= 15 is 0 Å². The second kappa shape index (κ2) is 7.07. The number of ether oxygens (including phenoxy) is 2. The standard InChI is InChI=1S/C13H25NO8/c1-5(15)6(14-12(20)22-13(2,3)4)7(16)10-8(17)9(18)11(19)21-10/h5-11,15-19H,1-4H3,(H,14,20)/t5-,6+,7+,8+,9+,10-,11?/m0/s1. The SMILES string of the molecule is C[C@H](O)[C@@H](NC(=O)OC(C)(C)C)[C@@H](O)[C@@H]1OC(O)[C@H](O)[C@H]1O. The normalized spacial score (nSPS) is 33.1. The Bertz CT molecular complexity index is 383. The molecule has 1 fully saturated rings. The van der Waals surface area contributed by atoms with Gasteiger partial charge < -0.3 is 40.3 Å². The predicted molar refractivity (Wildman–Crippen MR) is 73.7 cm³/mol. The number of nitrogens with one attached hydrogen (secondary N) is 1. The maximum Gasteiger partial charge on any atom is 0.408 e. The zero-order valence-electron chi connectivity index (χ0n) is 13.0. The van der Waals surface area contributed by atoms with Crippen LogP contribution in [0.2, 0.25) is 0 Å². The third-order valence-electron chi connectivity index (χ3n) is 3.18. The molecule has 0 aromatic rings. The van der Waals surface area contributed by atoms with E-state index < -0.39 is 54.5 Å². The highest BCUT2D eigenvalue weighted by Gasteiger charge is 2.48. The molecular formula is C13H25NO8. The second-order valence-electron chi connectivity index (χ2n) is 6.38. The average Bonchev–Trinajstić information content (AvgIpc) is 2.60. The van der Waals surface area contributed by atoms with Crippen molar-refractivity contribution < 1.29 is 39.8 Å². The highest BCUT2D eigenvalue weighted by atomic mass is 16.6. The molecule has 0 aliphatic carbocycles. The van der Waals surface area contributed by atoms with Crippen LogP contribution in [0.25, 0.3) is 0 Å². The Morgan fingerprint density at radius 3 is 2.09 bits per heavy atom. The Kier molecular flexibility index (Phi) is 6.13. The van der Waals surface area contributed by atoms with E-state index in [1.807, 2.05) is 0 Å². The van der Waals surface area contributed by atoms with Gasteiger partial charge in [0.05, 0.1) is 12.1 Å². The largest absolute Gasteiger partial charge is 0.444 e. The van der Waals surface area contributed by atoms with Crippen molar-refractivity contribution in [1.29, 1.82) is 0 Å². The fourth-order valence-electron chi connectivity index (χ4n) is 2.11. The van der Waals surface area contributed by atoms with Gasteiger partial charge in [0.2, 0.25) is 0 Å². The minimum Gasteiger partial charge on any atom is -0.444 e. The minimum absolute atomic E-state index is 0.770. The van der Waals surface area contributed by atoms with Crippen LogP contribution >= 0.6 is 0 Å². The first kappa shape index (κ1) is 19.1. The van der Waals surface area contributed by atoms with Gasteiger partial charge in [0, 0.05) is 0 Å². The third kappa shape index (κ3) is 4.77. The number of hydrogen-bond acceptors (Lipinski definition) is 8. The molecule has 0 aromatic carbocycles. The number of rotatable bonds is 4. The molecule has 0 aromatic heterocycles. The van der Waals surface area contributed by atoms with Gasteiger partial charge in [-0.05, 0) is 27.7 Å². The van der Waals surface area contributed by atoms with E-state index in [2.05, 4.69) is 5.32 Å². The molecule has 130 valence electrons. The van der Waals surface area contributed by atoms with Crippen molar-refractivity contribution in [2.24, 2.45) is 0 Å². The van der Waals surface area contributed by atoms with Gasteiger partial charge in [-0.2, -0.15) is 0 Å². The number of aliphatic hydroxyl groups is 5. The van der Waals surface area contributed by atoms with Gasteiger partial charge in [-0.15, -0.1) is 0 Å². The van der Waals surface area contributed by atoms with Gasteiger partial charge in [-0.3, -0.25) is 0 Å². The van der Waals surface area contributed by atoms with E-state index in [9.17, 15) is 30.3 Å². The number of carbonyl (C=O) groups is 1. The lowest BCUT2D eigenvalue weighted by atomic mass is 9.97. The number of amides is 1. The Balaban J connectivity index is 2.77. The van der Waals surface area contributed by atoms with Crippen molar-refractivity contribution in [2.45, 2.75) is 76.1 Å². The van der Waals surface area contributed by atoms with Crippen molar-refractivity contribution in [3.63, 3.8) is 0 Å². The Morgan fingerprint density at radius 2 is 1.73 bits per heavy atom.